The van der Waals surface area contributed by atoms with Gasteiger partial charge in [0.2, 0.25) is 0 Å². The number of piperazine rings is 1. The van der Waals surface area contributed by atoms with Crippen LogP contribution in [0.1, 0.15) is 36.1 Å². The average molecular weight is 380 g/mol. The molecule has 6 nitrogen and oxygen atoms in total. The Morgan fingerprint density at radius 3 is 2.52 bits per heavy atom. The van der Waals surface area contributed by atoms with Crippen molar-refractivity contribution in [2.75, 3.05) is 31.1 Å². The van der Waals surface area contributed by atoms with Crippen LogP contribution in [-0.4, -0.2) is 51.8 Å². The number of halogens is 1. The Kier molecular flexibility index (Phi) is 4.48. The highest BCUT2D eigenvalue weighted by atomic mass is 79.9. The number of anilines is 1. The largest absolute Gasteiger partial charge is 0.352 e. The lowest BCUT2D eigenvalue weighted by molar-refractivity contribution is 0.0734. The minimum absolute atomic E-state index is 0.0993. The summed E-state index contributed by atoms with van der Waals surface area (Å²) in [6.07, 6.45) is 1.97. The molecule has 1 amide bonds. The van der Waals surface area contributed by atoms with Gasteiger partial charge in [-0.25, -0.2) is 0 Å². The number of amides is 1. The molecule has 1 aliphatic heterocycles. The molecule has 0 spiro atoms. The Morgan fingerprint density at radius 1 is 1.26 bits per heavy atom. The van der Waals surface area contributed by atoms with E-state index in [1.54, 1.807) is 0 Å². The van der Waals surface area contributed by atoms with Crippen molar-refractivity contribution in [3.63, 3.8) is 0 Å². The predicted octanol–water partition coefficient (Wildman–Crippen LogP) is 2.83. The summed E-state index contributed by atoms with van der Waals surface area (Å²) in [5, 5.41) is 7.26. The van der Waals surface area contributed by atoms with Crippen molar-refractivity contribution in [2.24, 2.45) is 0 Å². The second kappa shape index (κ2) is 6.39. The lowest BCUT2D eigenvalue weighted by atomic mass is 10.2. The first-order chi connectivity index (χ1) is 11.0. The number of hydrogen-bond acceptors (Lipinski definition) is 3. The minimum atomic E-state index is 0.0993. The normalized spacial score (nSPS) is 15.5. The third kappa shape index (κ3) is 3.29. The van der Waals surface area contributed by atoms with Gasteiger partial charge in [-0.1, -0.05) is 0 Å². The second-order valence-corrected chi connectivity index (χ2v) is 7.15. The number of aryl methyl sites for hydroxylation is 1. The number of carbonyl (C=O) groups excluding carboxylic acids is 1. The van der Waals surface area contributed by atoms with E-state index in [1.807, 2.05) is 34.7 Å². The standard InChI is InChI=1S/C16H22BrN5O/c1-11(2)22-10-13(17)9-14(22)16(23)21-6-4-20(5-7-21)15-8-12(3)18-19-15/h8-11H,4-7H2,1-3H3,(H,18,19). The molecule has 7 heteroatoms. The van der Waals surface area contributed by atoms with Gasteiger partial charge in [-0.2, -0.15) is 5.10 Å². The molecular formula is C16H22BrN5O. The molecule has 0 unspecified atom stereocenters. The van der Waals surface area contributed by atoms with Crippen molar-refractivity contribution in [1.29, 1.82) is 0 Å². The molecule has 1 N–H and O–H groups in total. The highest BCUT2D eigenvalue weighted by Gasteiger charge is 2.25. The van der Waals surface area contributed by atoms with E-state index >= 15 is 0 Å². The molecule has 1 saturated heterocycles. The van der Waals surface area contributed by atoms with Crippen LogP contribution in [0.4, 0.5) is 5.82 Å². The number of rotatable bonds is 3. The average Bonchev–Trinajstić information content (AvgIpc) is 3.13. The number of nitrogens with zero attached hydrogens (tertiary/aromatic N) is 4. The number of aromatic amines is 1. The maximum Gasteiger partial charge on any atom is 0.270 e. The Morgan fingerprint density at radius 2 is 1.96 bits per heavy atom. The smallest absolute Gasteiger partial charge is 0.270 e. The fourth-order valence-electron chi connectivity index (χ4n) is 2.91. The van der Waals surface area contributed by atoms with Crippen LogP contribution in [0.2, 0.25) is 0 Å². The van der Waals surface area contributed by atoms with Gasteiger partial charge in [0.15, 0.2) is 5.82 Å². The van der Waals surface area contributed by atoms with Crippen LogP contribution < -0.4 is 4.90 Å². The molecule has 1 aliphatic rings. The van der Waals surface area contributed by atoms with Crippen LogP contribution in [0.25, 0.3) is 0 Å². The summed E-state index contributed by atoms with van der Waals surface area (Å²) >= 11 is 3.47. The lowest BCUT2D eigenvalue weighted by Gasteiger charge is -2.35. The SMILES string of the molecule is Cc1cc(N2CCN(C(=O)c3cc(Br)cn3C(C)C)CC2)n[nH]1. The molecule has 124 valence electrons. The van der Waals surface area contributed by atoms with E-state index in [9.17, 15) is 4.79 Å². The Hall–Kier alpha value is -1.76. The third-order valence-electron chi connectivity index (χ3n) is 4.17. The van der Waals surface area contributed by atoms with Gasteiger partial charge in [-0.05, 0) is 42.8 Å². The van der Waals surface area contributed by atoms with Gasteiger partial charge >= 0.3 is 0 Å². The van der Waals surface area contributed by atoms with Gasteiger partial charge < -0.3 is 14.4 Å². The van der Waals surface area contributed by atoms with E-state index in [4.69, 9.17) is 0 Å². The van der Waals surface area contributed by atoms with Gasteiger partial charge in [0, 0.05) is 54.7 Å². The summed E-state index contributed by atoms with van der Waals surface area (Å²) in [5.41, 5.74) is 1.80. The summed E-state index contributed by atoms with van der Waals surface area (Å²) in [5.74, 6) is 1.06. The highest BCUT2D eigenvalue weighted by molar-refractivity contribution is 9.10. The van der Waals surface area contributed by atoms with Crippen LogP contribution >= 0.6 is 15.9 Å². The van der Waals surface area contributed by atoms with Crippen LogP contribution in [0.15, 0.2) is 22.8 Å². The molecule has 0 radical (unpaired) electrons. The summed E-state index contributed by atoms with van der Waals surface area (Å²) < 4.78 is 2.97. The molecule has 2 aromatic heterocycles. The molecule has 2 aromatic rings. The predicted molar refractivity (Wildman–Crippen MR) is 94.0 cm³/mol. The van der Waals surface area contributed by atoms with Crippen molar-refractivity contribution in [2.45, 2.75) is 26.8 Å². The van der Waals surface area contributed by atoms with Gasteiger partial charge in [0.05, 0.1) is 0 Å². The van der Waals surface area contributed by atoms with Crippen LogP contribution in [-0.2, 0) is 0 Å². The van der Waals surface area contributed by atoms with Crippen LogP contribution in [0, 0.1) is 6.92 Å². The zero-order chi connectivity index (χ0) is 16.6. The molecule has 0 bridgehead atoms. The van der Waals surface area contributed by atoms with E-state index in [0.29, 0.717) is 13.1 Å². The first kappa shape index (κ1) is 16.1. The van der Waals surface area contributed by atoms with Crippen molar-refractivity contribution in [3.8, 4) is 0 Å². The second-order valence-electron chi connectivity index (χ2n) is 6.23. The quantitative estimate of drug-likeness (QED) is 0.891. The van der Waals surface area contributed by atoms with Crippen molar-refractivity contribution < 1.29 is 4.79 Å². The maximum atomic E-state index is 12.8. The van der Waals surface area contributed by atoms with Crippen molar-refractivity contribution in [3.05, 3.63) is 34.2 Å². The monoisotopic (exact) mass is 379 g/mol. The van der Waals surface area contributed by atoms with E-state index in [1.165, 1.54) is 0 Å². The first-order valence-corrected chi connectivity index (χ1v) is 8.68. The van der Waals surface area contributed by atoms with Crippen molar-refractivity contribution >= 4 is 27.7 Å². The van der Waals surface area contributed by atoms with Gasteiger partial charge in [-0.3, -0.25) is 9.89 Å². The first-order valence-electron chi connectivity index (χ1n) is 7.89. The van der Waals surface area contributed by atoms with Crippen LogP contribution in [0.3, 0.4) is 0 Å². The molecule has 0 saturated carbocycles. The minimum Gasteiger partial charge on any atom is -0.352 e. The van der Waals surface area contributed by atoms with Crippen molar-refractivity contribution in [1.82, 2.24) is 19.7 Å². The number of carbonyl (C=O) groups is 1. The molecule has 0 atom stereocenters. The van der Waals surface area contributed by atoms with E-state index < -0.39 is 0 Å². The molecule has 23 heavy (non-hydrogen) atoms. The van der Waals surface area contributed by atoms with E-state index in [-0.39, 0.29) is 11.9 Å². The third-order valence-corrected chi connectivity index (χ3v) is 4.61. The summed E-state index contributed by atoms with van der Waals surface area (Å²) in [7, 11) is 0. The van der Waals surface area contributed by atoms with Gasteiger partial charge in [0.25, 0.3) is 5.91 Å². The number of hydrogen-bond donors (Lipinski definition) is 1. The zero-order valence-electron chi connectivity index (χ0n) is 13.7. The molecular weight excluding hydrogens is 358 g/mol. The summed E-state index contributed by atoms with van der Waals surface area (Å²) in [6, 6.07) is 4.21. The Labute approximate surface area is 144 Å². The topological polar surface area (TPSA) is 57.2 Å². The maximum absolute atomic E-state index is 12.8. The zero-order valence-corrected chi connectivity index (χ0v) is 15.3. The van der Waals surface area contributed by atoms with E-state index in [0.717, 1.165) is 34.8 Å². The molecule has 0 aliphatic carbocycles. The summed E-state index contributed by atoms with van der Waals surface area (Å²) in [4.78, 5) is 17.0. The molecule has 3 heterocycles. The highest BCUT2D eigenvalue weighted by Crippen LogP contribution is 2.22. The number of aromatic nitrogens is 3. The van der Waals surface area contributed by atoms with Crippen LogP contribution in [0.5, 0.6) is 0 Å². The lowest BCUT2D eigenvalue weighted by Crippen LogP contribution is -2.49. The molecule has 1 fully saturated rings. The summed E-state index contributed by atoms with van der Waals surface area (Å²) in [6.45, 7) is 9.20. The van der Waals surface area contributed by atoms with E-state index in [2.05, 4.69) is 44.9 Å². The van der Waals surface area contributed by atoms with Gasteiger partial charge in [-0.15, -0.1) is 0 Å². The molecule has 3 rings (SSSR count). The number of nitrogens with one attached hydrogen (secondary N) is 1. The Bertz CT molecular complexity index is 697. The fourth-order valence-corrected chi connectivity index (χ4v) is 3.35. The Balaban J connectivity index is 1.69. The fraction of sp³-hybridized carbons (Fsp3) is 0.500. The molecule has 0 aromatic carbocycles. The number of H-pyrrole nitrogens is 1. The van der Waals surface area contributed by atoms with Gasteiger partial charge in [0.1, 0.15) is 5.69 Å².